The minimum absolute atomic E-state index is 0.261. The van der Waals surface area contributed by atoms with Crippen molar-refractivity contribution in [1.29, 1.82) is 0 Å². The first-order valence-electron chi connectivity index (χ1n) is 7.31. The number of aromatic amines is 1. The standard InChI is InChI=1S/C17H15N5O2/c23-16-7-6-15(21-22-16)13-4-1-5-14(9-13)20-17(24)19-11-12-3-2-8-18-10-12/h1-10H,11H2,(H,22,23)(H2,19,20,24). The van der Waals surface area contributed by atoms with Crippen molar-refractivity contribution in [2.45, 2.75) is 6.54 Å². The second-order valence-corrected chi connectivity index (χ2v) is 5.06. The van der Waals surface area contributed by atoms with Crippen molar-refractivity contribution in [3.05, 3.63) is 76.8 Å². The molecular weight excluding hydrogens is 306 g/mol. The lowest BCUT2D eigenvalue weighted by molar-refractivity contribution is 0.251. The fraction of sp³-hybridized carbons (Fsp3) is 0.0588. The molecule has 0 saturated heterocycles. The number of nitrogens with one attached hydrogen (secondary N) is 3. The Labute approximate surface area is 137 Å². The van der Waals surface area contributed by atoms with Crippen molar-refractivity contribution in [2.75, 3.05) is 5.32 Å². The van der Waals surface area contributed by atoms with E-state index in [-0.39, 0.29) is 11.6 Å². The van der Waals surface area contributed by atoms with Gasteiger partial charge in [0.1, 0.15) is 0 Å². The summed E-state index contributed by atoms with van der Waals surface area (Å²) < 4.78 is 0. The molecule has 0 spiro atoms. The Morgan fingerprint density at radius 1 is 1.12 bits per heavy atom. The van der Waals surface area contributed by atoms with Gasteiger partial charge >= 0.3 is 6.03 Å². The van der Waals surface area contributed by atoms with Crippen molar-refractivity contribution in [1.82, 2.24) is 20.5 Å². The van der Waals surface area contributed by atoms with Crippen LogP contribution in [-0.4, -0.2) is 21.2 Å². The summed E-state index contributed by atoms with van der Waals surface area (Å²) in [5, 5.41) is 11.9. The Morgan fingerprint density at radius 2 is 2.04 bits per heavy atom. The number of amides is 2. The van der Waals surface area contributed by atoms with Gasteiger partial charge in [0, 0.05) is 36.3 Å². The lowest BCUT2D eigenvalue weighted by atomic mass is 10.1. The van der Waals surface area contributed by atoms with Crippen molar-refractivity contribution >= 4 is 11.7 Å². The third-order valence-electron chi connectivity index (χ3n) is 3.27. The predicted molar refractivity (Wildman–Crippen MR) is 90.4 cm³/mol. The van der Waals surface area contributed by atoms with E-state index < -0.39 is 0 Å². The molecule has 2 aromatic heterocycles. The van der Waals surface area contributed by atoms with Crippen LogP contribution in [0.1, 0.15) is 5.56 Å². The number of hydrogen-bond acceptors (Lipinski definition) is 4. The molecule has 0 bridgehead atoms. The number of aromatic nitrogens is 3. The Morgan fingerprint density at radius 3 is 2.79 bits per heavy atom. The minimum atomic E-state index is -0.314. The van der Waals surface area contributed by atoms with E-state index in [2.05, 4.69) is 25.8 Å². The van der Waals surface area contributed by atoms with Crippen LogP contribution >= 0.6 is 0 Å². The van der Waals surface area contributed by atoms with Gasteiger partial charge in [-0.3, -0.25) is 9.78 Å². The van der Waals surface area contributed by atoms with Gasteiger partial charge in [0.15, 0.2) is 0 Å². The van der Waals surface area contributed by atoms with E-state index in [0.717, 1.165) is 11.1 Å². The summed E-state index contributed by atoms with van der Waals surface area (Å²) in [5.74, 6) is 0. The van der Waals surface area contributed by atoms with Gasteiger partial charge in [-0.2, -0.15) is 5.10 Å². The number of carbonyl (C=O) groups excluding carboxylic acids is 1. The van der Waals surface area contributed by atoms with Gasteiger partial charge in [-0.1, -0.05) is 18.2 Å². The molecule has 7 nitrogen and oxygen atoms in total. The molecule has 24 heavy (non-hydrogen) atoms. The van der Waals surface area contributed by atoms with Crippen molar-refractivity contribution in [2.24, 2.45) is 0 Å². The quantitative estimate of drug-likeness (QED) is 0.685. The van der Waals surface area contributed by atoms with Gasteiger partial charge in [0.05, 0.1) is 5.69 Å². The molecule has 0 atom stereocenters. The smallest absolute Gasteiger partial charge is 0.319 e. The number of rotatable bonds is 4. The Hall–Kier alpha value is -3.48. The third kappa shape index (κ3) is 4.04. The second-order valence-electron chi connectivity index (χ2n) is 5.06. The first kappa shape index (κ1) is 15.4. The summed E-state index contributed by atoms with van der Waals surface area (Å²) in [6.45, 7) is 0.390. The average molecular weight is 321 g/mol. The van der Waals surface area contributed by atoms with Crippen molar-refractivity contribution < 1.29 is 4.79 Å². The van der Waals surface area contributed by atoms with Crippen LogP contribution in [0.25, 0.3) is 11.3 Å². The van der Waals surface area contributed by atoms with Crippen molar-refractivity contribution in [3.8, 4) is 11.3 Å². The van der Waals surface area contributed by atoms with Crippen LogP contribution in [0.15, 0.2) is 65.7 Å². The van der Waals surface area contributed by atoms with E-state index in [9.17, 15) is 9.59 Å². The molecule has 0 radical (unpaired) electrons. The van der Waals surface area contributed by atoms with Crippen molar-refractivity contribution in [3.63, 3.8) is 0 Å². The van der Waals surface area contributed by atoms with Gasteiger partial charge in [0.2, 0.25) is 0 Å². The molecule has 0 fully saturated rings. The molecule has 0 saturated carbocycles. The topological polar surface area (TPSA) is 99.8 Å². The predicted octanol–water partition coefficient (Wildman–Crippen LogP) is 2.15. The molecule has 2 heterocycles. The van der Waals surface area contributed by atoms with E-state index >= 15 is 0 Å². The number of carbonyl (C=O) groups is 1. The lowest BCUT2D eigenvalue weighted by Crippen LogP contribution is -2.28. The lowest BCUT2D eigenvalue weighted by Gasteiger charge is -2.09. The first-order chi connectivity index (χ1) is 11.7. The molecule has 3 rings (SSSR count). The summed E-state index contributed by atoms with van der Waals surface area (Å²) in [7, 11) is 0. The SMILES string of the molecule is O=C(NCc1cccnc1)Nc1cccc(-c2ccc(=O)[nH]n2)c1. The molecule has 0 unspecified atom stereocenters. The van der Waals surface area contributed by atoms with Gasteiger partial charge in [-0.25, -0.2) is 9.89 Å². The number of hydrogen-bond donors (Lipinski definition) is 3. The highest BCUT2D eigenvalue weighted by atomic mass is 16.2. The van der Waals surface area contributed by atoms with Crippen LogP contribution in [0.5, 0.6) is 0 Å². The highest BCUT2D eigenvalue weighted by Crippen LogP contribution is 2.19. The molecular formula is C17H15N5O2. The van der Waals surface area contributed by atoms with Crippen LogP contribution < -0.4 is 16.2 Å². The average Bonchev–Trinajstić information content (AvgIpc) is 2.62. The normalized spacial score (nSPS) is 10.2. The molecule has 0 aliphatic rings. The largest absolute Gasteiger partial charge is 0.334 e. The second kappa shape index (κ2) is 7.19. The molecule has 0 aliphatic heterocycles. The molecule has 120 valence electrons. The van der Waals surface area contributed by atoms with E-state index in [1.54, 1.807) is 36.7 Å². The maximum absolute atomic E-state index is 12.0. The van der Waals surface area contributed by atoms with Gasteiger partial charge < -0.3 is 10.6 Å². The van der Waals surface area contributed by atoms with E-state index in [4.69, 9.17) is 0 Å². The minimum Gasteiger partial charge on any atom is -0.334 e. The maximum Gasteiger partial charge on any atom is 0.319 e. The van der Waals surface area contributed by atoms with E-state index in [0.29, 0.717) is 17.9 Å². The maximum atomic E-state index is 12.0. The summed E-state index contributed by atoms with van der Waals surface area (Å²) >= 11 is 0. The zero-order chi connectivity index (χ0) is 16.8. The fourth-order valence-corrected chi connectivity index (χ4v) is 2.12. The molecule has 2 amide bonds. The first-order valence-corrected chi connectivity index (χ1v) is 7.31. The summed E-state index contributed by atoms with van der Waals surface area (Å²) in [6, 6.07) is 13.6. The molecule has 0 aliphatic carbocycles. The van der Waals surface area contributed by atoms with E-state index in [1.165, 1.54) is 6.07 Å². The van der Waals surface area contributed by atoms with E-state index in [1.807, 2.05) is 18.2 Å². The monoisotopic (exact) mass is 321 g/mol. The van der Waals surface area contributed by atoms with Gasteiger partial charge in [0.25, 0.3) is 5.56 Å². The third-order valence-corrected chi connectivity index (χ3v) is 3.27. The highest BCUT2D eigenvalue weighted by Gasteiger charge is 2.05. The Kier molecular flexibility index (Phi) is 4.62. The van der Waals surface area contributed by atoms with Gasteiger partial charge in [-0.05, 0) is 29.8 Å². The number of anilines is 1. The zero-order valence-electron chi connectivity index (χ0n) is 12.7. The summed E-state index contributed by atoms with van der Waals surface area (Å²) in [6.07, 6.45) is 3.38. The van der Waals surface area contributed by atoms with Crippen LogP contribution in [-0.2, 0) is 6.54 Å². The Bertz CT molecular complexity index is 872. The number of pyridine rings is 1. The molecule has 1 aromatic carbocycles. The zero-order valence-corrected chi connectivity index (χ0v) is 12.7. The summed E-state index contributed by atoms with van der Waals surface area (Å²) in [5.41, 5.74) is 2.69. The molecule has 3 N–H and O–H groups in total. The molecule has 3 aromatic rings. The Balaban J connectivity index is 1.65. The molecule has 7 heteroatoms. The number of urea groups is 1. The van der Waals surface area contributed by atoms with Crippen LogP contribution in [0.3, 0.4) is 0 Å². The van der Waals surface area contributed by atoms with Crippen LogP contribution in [0.4, 0.5) is 10.5 Å². The number of H-pyrrole nitrogens is 1. The van der Waals surface area contributed by atoms with Crippen LogP contribution in [0, 0.1) is 0 Å². The van der Waals surface area contributed by atoms with Gasteiger partial charge in [-0.15, -0.1) is 0 Å². The highest BCUT2D eigenvalue weighted by molar-refractivity contribution is 5.89. The number of nitrogens with zero attached hydrogens (tertiary/aromatic N) is 2. The fourth-order valence-electron chi connectivity index (χ4n) is 2.12. The van der Waals surface area contributed by atoms with Crippen LogP contribution in [0.2, 0.25) is 0 Å². The number of benzene rings is 1. The summed E-state index contributed by atoms with van der Waals surface area (Å²) in [4.78, 5) is 27.0.